The first kappa shape index (κ1) is 26.4. The third kappa shape index (κ3) is 13.6. The number of nitrogens with one attached hydrogen (secondary N) is 1. The van der Waals surface area contributed by atoms with E-state index in [-0.39, 0.29) is 11.7 Å². The van der Waals surface area contributed by atoms with Crippen LogP contribution in [0.15, 0.2) is 24.3 Å². The van der Waals surface area contributed by atoms with Gasteiger partial charge >= 0.3 is 0 Å². The van der Waals surface area contributed by atoms with Gasteiger partial charge in [-0.15, -0.1) is 0 Å². The minimum absolute atomic E-state index is 0.0233. The van der Waals surface area contributed by atoms with E-state index >= 15 is 0 Å². The number of Topliss-reactive ketones (excluding diaryl/α,β-unsaturated/α-hetero) is 1. The van der Waals surface area contributed by atoms with E-state index < -0.39 is 0 Å². The van der Waals surface area contributed by atoms with Crippen LogP contribution in [0.2, 0.25) is 0 Å². The van der Waals surface area contributed by atoms with Gasteiger partial charge in [0.25, 0.3) is 5.91 Å². The normalized spacial score (nSPS) is 10.9. The van der Waals surface area contributed by atoms with Crippen LogP contribution in [0.25, 0.3) is 0 Å². The van der Waals surface area contributed by atoms with Crippen molar-refractivity contribution in [2.45, 2.75) is 117 Å². The first-order valence-corrected chi connectivity index (χ1v) is 12.5. The molecule has 0 bridgehead atoms. The Labute approximate surface area is 185 Å². The highest BCUT2D eigenvalue weighted by molar-refractivity contribution is 5.97. The molecule has 0 saturated heterocycles. The predicted molar refractivity (Wildman–Crippen MR) is 128 cm³/mol. The Morgan fingerprint density at radius 3 is 1.37 bits per heavy atom. The molecule has 1 rings (SSSR count). The summed E-state index contributed by atoms with van der Waals surface area (Å²) < 4.78 is 0. The molecule has 0 aliphatic rings. The zero-order valence-electron chi connectivity index (χ0n) is 19.6. The molecule has 0 saturated carbocycles. The Kier molecular flexibility index (Phi) is 16.0. The number of hydrogen-bond donors (Lipinski definition) is 1. The highest BCUT2D eigenvalue weighted by Crippen LogP contribution is 2.13. The summed E-state index contributed by atoms with van der Waals surface area (Å²) in [5.41, 5.74) is 1.26. The van der Waals surface area contributed by atoms with Crippen molar-refractivity contribution >= 4 is 11.7 Å². The van der Waals surface area contributed by atoms with Gasteiger partial charge in [0.05, 0.1) is 0 Å². The number of amides is 1. The van der Waals surface area contributed by atoms with E-state index in [9.17, 15) is 9.59 Å². The zero-order chi connectivity index (χ0) is 21.9. The van der Waals surface area contributed by atoms with Gasteiger partial charge in [0.2, 0.25) is 0 Å². The van der Waals surface area contributed by atoms with Gasteiger partial charge in [-0.25, -0.2) is 0 Å². The molecular weight excluding hydrogens is 370 g/mol. The smallest absolute Gasteiger partial charge is 0.251 e. The lowest BCUT2D eigenvalue weighted by Gasteiger charge is -2.06. The summed E-state index contributed by atoms with van der Waals surface area (Å²) in [5, 5.41) is 2.97. The lowest BCUT2D eigenvalue weighted by molar-refractivity contribution is 0.0950. The van der Waals surface area contributed by atoms with Crippen LogP contribution in [0.3, 0.4) is 0 Å². The van der Waals surface area contributed by atoms with Crippen LogP contribution in [0.1, 0.15) is 137 Å². The van der Waals surface area contributed by atoms with E-state index in [1.165, 1.54) is 103 Å². The van der Waals surface area contributed by atoms with Crippen LogP contribution in [0.4, 0.5) is 0 Å². The molecule has 1 aromatic carbocycles. The highest BCUT2D eigenvalue weighted by Gasteiger charge is 2.05. The summed E-state index contributed by atoms with van der Waals surface area (Å²) in [4.78, 5) is 23.4. The van der Waals surface area contributed by atoms with Crippen molar-refractivity contribution in [3.05, 3.63) is 35.4 Å². The number of carbonyl (C=O) groups excluding carboxylic acids is 2. The molecule has 0 spiro atoms. The van der Waals surface area contributed by atoms with Gasteiger partial charge in [0, 0.05) is 17.7 Å². The van der Waals surface area contributed by atoms with Crippen molar-refractivity contribution in [1.29, 1.82) is 0 Å². The summed E-state index contributed by atoms with van der Waals surface area (Å²) in [6.45, 7) is 4.54. The topological polar surface area (TPSA) is 46.2 Å². The molecule has 3 heteroatoms. The molecule has 1 N–H and O–H groups in total. The second kappa shape index (κ2) is 18.2. The van der Waals surface area contributed by atoms with Gasteiger partial charge in [-0.05, 0) is 25.5 Å². The maximum absolute atomic E-state index is 12.1. The van der Waals surface area contributed by atoms with E-state index in [0.717, 1.165) is 13.0 Å². The fourth-order valence-electron chi connectivity index (χ4n) is 3.83. The number of rotatable bonds is 19. The Balaban J connectivity index is 1.85. The molecule has 0 heterocycles. The Morgan fingerprint density at radius 2 is 0.967 bits per heavy atom. The third-order valence-electron chi connectivity index (χ3n) is 5.87. The molecule has 170 valence electrons. The molecule has 0 atom stereocenters. The predicted octanol–water partition coefficient (Wildman–Crippen LogP) is 7.88. The quantitative estimate of drug-likeness (QED) is 0.184. The summed E-state index contributed by atoms with van der Waals surface area (Å²) in [6, 6.07) is 6.87. The summed E-state index contributed by atoms with van der Waals surface area (Å²) in [6.07, 6.45) is 21.7. The molecule has 0 aliphatic heterocycles. The molecule has 0 aliphatic carbocycles. The summed E-state index contributed by atoms with van der Waals surface area (Å²) >= 11 is 0. The van der Waals surface area contributed by atoms with Gasteiger partial charge in [0.15, 0.2) is 5.78 Å². The maximum Gasteiger partial charge on any atom is 0.251 e. The third-order valence-corrected chi connectivity index (χ3v) is 5.87. The standard InChI is InChI=1S/C27H45NO2/c1-3-4-5-6-7-8-9-10-11-12-13-14-15-16-17-18-23-28-27(30)26-21-19-25(20-22-26)24(2)29/h19-22H,3-18,23H2,1-2H3,(H,28,30). The first-order chi connectivity index (χ1) is 14.6. The fourth-order valence-corrected chi connectivity index (χ4v) is 3.83. The molecule has 1 aromatic rings. The summed E-state index contributed by atoms with van der Waals surface area (Å²) in [7, 11) is 0. The molecule has 0 unspecified atom stereocenters. The lowest BCUT2D eigenvalue weighted by Crippen LogP contribution is -2.24. The number of unbranched alkanes of at least 4 members (excludes halogenated alkanes) is 15. The molecular formula is C27H45NO2. The molecule has 3 nitrogen and oxygen atoms in total. The monoisotopic (exact) mass is 415 g/mol. The number of carbonyl (C=O) groups is 2. The largest absolute Gasteiger partial charge is 0.352 e. The van der Waals surface area contributed by atoms with Gasteiger partial charge in [-0.1, -0.05) is 115 Å². The van der Waals surface area contributed by atoms with Crippen LogP contribution in [0.5, 0.6) is 0 Å². The highest BCUT2D eigenvalue weighted by atomic mass is 16.1. The number of ketones is 1. The fraction of sp³-hybridized carbons (Fsp3) is 0.704. The minimum atomic E-state index is -0.0499. The van der Waals surface area contributed by atoms with Crippen LogP contribution in [-0.4, -0.2) is 18.2 Å². The Bertz CT molecular complexity index is 565. The van der Waals surface area contributed by atoms with Crippen molar-refractivity contribution in [3.8, 4) is 0 Å². The van der Waals surface area contributed by atoms with E-state index in [1.54, 1.807) is 24.3 Å². The Morgan fingerprint density at radius 1 is 0.600 bits per heavy atom. The average molecular weight is 416 g/mol. The van der Waals surface area contributed by atoms with Crippen molar-refractivity contribution in [3.63, 3.8) is 0 Å². The second-order valence-corrected chi connectivity index (χ2v) is 8.69. The second-order valence-electron chi connectivity index (χ2n) is 8.69. The number of hydrogen-bond acceptors (Lipinski definition) is 2. The van der Waals surface area contributed by atoms with E-state index in [4.69, 9.17) is 0 Å². The van der Waals surface area contributed by atoms with E-state index in [0.29, 0.717) is 11.1 Å². The van der Waals surface area contributed by atoms with Gasteiger partial charge < -0.3 is 5.32 Å². The maximum atomic E-state index is 12.1. The SMILES string of the molecule is CCCCCCCCCCCCCCCCCCNC(=O)c1ccc(C(C)=O)cc1. The van der Waals surface area contributed by atoms with Crippen molar-refractivity contribution < 1.29 is 9.59 Å². The molecule has 30 heavy (non-hydrogen) atoms. The van der Waals surface area contributed by atoms with E-state index in [1.807, 2.05) is 0 Å². The van der Waals surface area contributed by atoms with Crippen molar-refractivity contribution in [1.82, 2.24) is 5.32 Å². The zero-order valence-corrected chi connectivity index (χ0v) is 19.6. The molecule has 0 aromatic heterocycles. The van der Waals surface area contributed by atoms with Gasteiger partial charge in [0.1, 0.15) is 0 Å². The first-order valence-electron chi connectivity index (χ1n) is 12.5. The molecule has 0 radical (unpaired) electrons. The van der Waals surface area contributed by atoms with Gasteiger partial charge in [-0.2, -0.15) is 0 Å². The van der Waals surface area contributed by atoms with Crippen LogP contribution >= 0.6 is 0 Å². The van der Waals surface area contributed by atoms with Crippen LogP contribution in [0, 0.1) is 0 Å². The molecule has 0 fully saturated rings. The van der Waals surface area contributed by atoms with Crippen molar-refractivity contribution in [2.24, 2.45) is 0 Å². The van der Waals surface area contributed by atoms with Crippen LogP contribution in [-0.2, 0) is 0 Å². The minimum Gasteiger partial charge on any atom is -0.352 e. The van der Waals surface area contributed by atoms with Crippen LogP contribution < -0.4 is 5.32 Å². The molecule has 1 amide bonds. The summed E-state index contributed by atoms with van der Waals surface area (Å²) in [5.74, 6) is -0.0267. The average Bonchev–Trinajstić information content (AvgIpc) is 2.75. The number of benzene rings is 1. The Hall–Kier alpha value is -1.64. The van der Waals surface area contributed by atoms with Crippen molar-refractivity contribution in [2.75, 3.05) is 6.54 Å². The van der Waals surface area contributed by atoms with E-state index in [2.05, 4.69) is 12.2 Å². The lowest BCUT2D eigenvalue weighted by atomic mass is 10.0. The van der Waals surface area contributed by atoms with Gasteiger partial charge in [-0.3, -0.25) is 9.59 Å².